The molecule has 2 heterocycles. The van der Waals surface area contributed by atoms with Crippen molar-refractivity contribution in [3.63, 3.8) is 0 Å². The van der Waals surface area contributed by atoms with Crippen LogP contribution in [0.4, 0.5) is 4.79 Å². The van der Waals surface area contributed by atoms with Crippen molar-refractivity contribution in [1.82, 2.24) is 13.6 Å². The number of nitrogens with zero attached hydrogens (tertiary/aromatic N) is 3. The lowest BCUT2D eigenvalue weighted by atomic mass is 10.2. The number of aromatic nitrogens is 2. The molecule has 0 bridgehead atoms. The van der Waals surface area contributed by atoms with Crippen molar-refractivity contribution in [2.45, 2.75) is 58.7 Å². The van der Waals surface area contributed by atoms with Crippen molar-refractivity contribution in [3.05, 3.63) is 0 Å². The zero-order valence-electron chi connectivity index (χ0n) is 14.2. The maximum absolute atomic E-state index is 12.0. The Hall–Kier alpha value is -1.57. The fraction of sp³-hybridized carbons (Fsp3) is 0.800. The van der Waals surface area contributed by atoms with Gasteiger partial charge in [-0.25, -0.2) is 4.79 Å². The predicted octanol–water partition coefficient (Wildman–Crippen LogP) is 3.11. The van der Waals surface area contributed by atoms with Gasteiger partial charge in [-0.15, -0.1) is 8.75 Å². The molecule has 0 radical (unpaired) electrons. The van der Waals surface area contributed by atoms with Crippen molar-refractivity contribution >= 4 is 17.8 Å². The minimum atomic E-state index is -0.491. The SMILES string of the molecule is CCCCOc1nsnc1OC1CCN(C(=O)OC(C)(C)C)C1. The molecule has 0 N–H and O–H groups in total. The van der Waals surface area contributed by atoms with E-state index < -0.39 is 5.60 Å². The zero-order chi connectivity index (χ0) is 16.9. The Labute approximate surface area is 141 Å². The molecule has 23 heavy (non-hydrogen) atoms. The fourth-order valence-electron chi connectivity index (χ4n) is 2.12. The van der Waals surface area contributed by atoms with Gasteiger partial charge in [0.15, 0.2) is 0 Å². The van der Waals surface area contributed by atoms with Crippen LogP contribution in [0.2, 0.25) is 0 Å². The number of rotatable bonds is 6. The van der Waals surface area contributed by atoms with Gasteiger partial charge in [0, 0.05) is 13.0 Å². The molecule has 0 aromatic carbocycles. The Kier molecular flexibility index (Phi) is 6.04. The van der Waals surface area contributed by atoms with Gasteiger partial charge in [-0.3, -0.25) is 0 Å². The van der Waals surface area contributed by atoms with Gasteiger partial charge < -0.3 is 19.1 Å². The summed E-state index contributed by atoms with van der Waals surface area (Å²) in [6, 6.07) is 0. The molecule has 130 valence electrons. The average Bonchev–Trinajstić information content (AvgIpc) is 3.08. The number of carbonyl (C=O) groups excluding carboxylic acids is 1. The number of carbonyl (C=O) groups is 1. The summed E-state index contributed by atoms with van der Waals surface area (Å²) in [5, 5.41) is 0. The van der Waals surface area contributed by atoms with Gasteiger partial charge in [0.25, 0.3) is 11.8 Å². The molecule has 0 saturated carbocycles. The Balaban J connectivity index is 1.84. The van der Waals surface area contributed by atoms with E-state index in [1.165, 1.54) is 0 Å². The third-order valence-electron chi connectivity index (χ3n) is 3.24. The number of unbranched alkanes of at least 4 members (excludes halogenated alkanes) is 1. The van der Waals surface area contributed by atoms with Crippen molar-refractivity contribution in [2.24, 2.45) is 0 Å². The highest BCUT2D eigenvalue weighted by Crippen LogP contribution is 2.27. The van der Waals surface area contributed by atoms with Crippen LogP contribution >= 0.6 is 11.7 Å². The van der Waals surface area contributed by atoms with Gasteiger partial charge >= 0.3 is 6.09 Å². The summed E-state index contributed by atoms with van der Waals surface area (Å²) in [5.41, 5.74) is -0.491. The molecule has 7 nitrogen and oxygen atoms in total. The van der Waals surface area contributed by atoms with Gasteiger partial charge in [-0.2, -0.15) is 0 Å². The molecule has 0 spiro atoms. The quantitative estimate of drug-likeness (QED) is 0.739. The molecular formula is C15H25N3O4S. The minimum Gasteiger partial charge on any atom is -0.473 e. The molecule has 1 unspecified atom stereocenters. The molecule has 1 fully saturated rings. The Morgan fingerprint density at radius 1 is 1.35 bits per heavy atom. The molecular weight excluding hydrogens is 318 g/mol. The fourth-order valence-corrected chi connectivity index (χ4v) is 2.56. The third kappa shape index (κ3) is 5.53. The number of hydrogen-bond acceptors (Lipinski definition) is 7. The Morgan fingerprint density at radius 3 is 2.78 bits per heavy atom. The summed E-state index contributed by atoms with van der Waals surface area (Å²) in [5.74, 6) is 0.862. The highest BCUT2D eigenvalue weighted by atomic mass is 32.1. The maximum atomic E-state index is 12.0. The van der Waals surface area contributed by atoms with Crippen molar-refractivity contribution < 1.29 is 19.0 Å². The first-order valence-corrected chi connectivity index (χ1v) is 8.72. The third-order valence-corrected chi connectivity index (χ3v) is 3.74. The van der Waals surface area contributed by atoms with Crippen LogP contribution < -0.4 is 9.47 Å². The van der Waals surface area contributed by atoms with E-state index in [4.69, 9.17) is 14.2 Å². The summed E-state index contributed by atoms with van der Waals surface area (Å²) in [6.07, 6.45) is 2.35. The van der Waals surface area contributed by atoms with Crippen LogP contribution in [0.1, 0.15) is 47.0 Å². The molecule has 1 atom stereocenters. The molecule has 2 rings (SSSR count). The monoisotopic (exact) mass is 343 g/mol. The smallest absolute Gasteiger partial charge is 0.410 e. The molecule has 1 aliphatic rings. The van der Waals surface area contributed by atoms with E-state index >= 15 is 0 Å². The normalized spacial score (nSPS) is 18.1. The number of amides is 1. The standard InChI is InChI=1S/C15H25N3O4S/c1-5-6-9-20-12-13(17-23-16-12)21-11-7-8-18(10-11)14(19)22-15(2,3)4/h11H,5-10H2,1-4H3. The second kappa shape index (κ2) is 7.81. The summed E-state index contributed by atoms with van der Waals surface area (Å²) in [4.78, 5) is 13.7. The van der Waals surface area contributed by atoms with E-state index in [0.29, 0.717) is 31.5 Å². The lowest BCUT2D eigenvalue weighted by molar-refractivity contribution is 0.0274. The molecule has 1 aliphatic heterocycles. The summed E-state index contributed by atoms with van der Waals surface area (Å²) in [7, 11) is 0. The number of hydrogen-bond donors (Lipinski definition) is 0. The van der Waals surface area contributed by atoms with Gasteiger partial charge in [-0.05, 0) is 27.2 Å². The van der Waals surface area contributed by atoms with Gasteiger partial charge in [-0.1, -0.05) is 13.3 Å². The lowest BCUT2D eigenvalue weighted by Gasteiger charge is -2.24. The van der Waals surface area contributed by atoms with Crippen LogP contribution in [-0.4, -0.2) is 51.1 Å². The van der Waals surface area contributed by atoms with E-state index in [1.54, 1.807) is 4.90 Å². The van der Waals surface area contributed by atoms with Crippen LogP contribution in [0, 0.1) is 0 Å². The van der Waals surface area contributed by atoms with E-state index in [1.807, 2.05) is 20.8 Å². The summed E-state index contributed by atoms with van der Waals surface area (Å²) < 4.78 is 25.0. The predicted molar refractivity (Wildman–Crippen MR) is 87.2 cm³/mol. The van der Waals surface area contributed by atoms with E-state index in [-0.39, 0.29) is 12.2 Å². The Morgan fingerprint density at radius 2 is 2.09 bits per heavy atom. The van der Waals surface area contributed by atoms with Crippen molar-refractivity contribution in [1.29, 1.82) is 0 Å². The molecule has 1 aromatic heterocycles. The van der Waals surface area contributed by atoms with Crippen LogP contribution in [0.3, 0.4) is 0 Å². The van der Waals surface area contributed by atoms with Crippen LogP contribution in [-0.2, 0) is 4.74 Å². The van der Waals surface area contributed by atoms with Crippen molar-refractivity contribution in [3.8, 4) is 11.8 Å². The second-order valence-electron chi connectivity index (χ2n) is 6.53. The first-order chi connectivity index (χ1) is 10.9. The first-order valence-electron chi connectivity index (χ1n) is 7.99. The molecule has 1 amide bonds. The highest BCUT2D eigenvalue weighted by Gasteiger charge is 2.32. The van der Waals surface area contributed by atoms with Crippen LogP contribution in [0.5, 0.6) is 11.8 Å². The van der Waals surface area contributed by atoms with E-state index in [0.717, 1.165) is 31.0 Å². The molecule has 8 heteroatoms. The van der Waals surface area contributed by atoms with Gasteiger partial charge in [0.05, 0.1) is 24.9 Å². The maximum Gasteiger partial charge on any atom is 0.410 e. The minimum absolute atomic E-state index is 0.111. The summed E-state index contributed by atoms with van der Waals surface area (Å²) >= 11 is 1.07. The Bertz CT molecular complexity index is 515. The lowest BCUT2D eigenvalue weighted by Crippen LogP contribution is -2.36. The topological polar surface area (TPSA) is 73.8 Å². The second-order valence-corrected chi connectivity index (χ2v) is 7.06. The van der Waals surface area contributed by atoms with Gasteiger partial charge in [0.1, 0.15) is 11.7 Å². The van der Waals surface area contributed by atoms with E-state index in [9.17, 15) is 4.79 Å². The first kappa shape index (κ1) is 17.8. The molecule has 1 aromatic rings. The zero-order valence-corrected chi connectivity index (χ0v) is 15.0. The van der Waals surface area contributed by atoms with Crippen LogP contribution in [0.15, 0.2) is 0 Å². The summed E-state index contributed by atoms with van der Waals surface area (Å²) in [6.45, 7) is 9.38. The average molecular weight is 343 g/mol. The largest absolute Gasteiger partial charge is 0.473 e. The van der Waals surface area contributed by atoms with Crippen LogP contribution in [0.25, 0.3) is 0 Å². The molecule has 0 aliphatic carbocycles. The van der Waals surface area contributed by atoms with Crippen molar-refractivity contribution in [2.75, 3.05) is 19.7 Å². The highest BCUT2D eigenvalue weighted by molar-refractivity contribution is 6.99. The number of ether oxygens (including phenoxy) is 3. The number of likely N-dealkylation sites (tertiary alicyclic amines) is 1. The molecule has 1 saturated heterocycles. The van der Waals surface area contributed by atoms with Gasteiger partial charge in [0.2, 0.25) is 0 Å². The van der Waals surface area contributed by atoms with E-state index in [2.05, 4.69) is 15.7 Å².